The van der Waals surface area contributed by atoms with Crippen LogP contribution in [0.25, 0.3) is 11.0 Å². The summed E-state index contributed by atoms with van der Waals surface area (Å²) in [7, 11) is 0. The maximum Gasteiger partial charge on any atom is 0.336 e. The van der Waals surface area contributed by atoms with Crippen LogP contribution in [0.2, 0.25) is 0 Å². The maximum absolute atomic E-state index is 12.1. The zero-order chi connectivity index (χ0) is 19.5. The van der Waals surface area contributed by atoms with Crippen LogP contribution in [0.3, 0.4) is 0 Å². The average Bonchev–Trinajstić information content (AvgIpc) is 3.12. The molecule has 2 heterocycles. The van der Waals surface area contributed by atoms with Gasteiger partial charge in [-0.2, -0.15) is 0 Å². The number of hydrogen-bond donors (Lipinski definition) is 1. The van der Waals surface area contributed by atoms with E-state index in [9.17, 15) is 14.4 Å². The minimum atomic E-state index is -0.443. The molecule has 1 N–H and O–H groups in total. The number of nitrogens with zero attached hydrogens (tertiary/aromatic N) is 1. The lowest BCUT2D eigenvalue weighted by molar-refractivity contribution is -0.118. The normalized spacial score (nSPS) is 13.7. The standard InChI is InChI=1S/C21H18N2O5/c24-19(13-27-17-9-3-14-4-10-21(26)28-18(14)12-17)22-15-5-7-16(8-6-15)23-11-1-2-20(23)25/h3-10,12H,1-2,11,13H2,(H,22,24). The highest BCUT2D eigenvalue weighted by Gasteiger charge is 2.21. The number of carbonyl (C=O) groups excluding carboxylic acids is 2. The fraction of sp³-hybridized carbons (Fsp3) is 0.190. The zero-order valence-corrected chi connectivity index (χ0v) is 15.0. The summed E-state index contributed by atoms with van der Waals surface area (Å²) in [5.41, 5.74) is 1.40. The van der Waals surface area contributed by atoms with Gasteiger partial charge in [0.2, 0.25) is 5.91 Å². The number of anilines is 2. The van der Waals surface area contributed by atoms with Gasteiger partial charge in [0, 0.05) is 41.9 Å². The third kappa shape index (κ3) is 3.88. The van der Waals surface area contributed by atoms with E-state index in [1.807, 2.05) is 12.1 Å². The molecule has 1 aliphatic heterocycles. The second-order valence-corrected chi connectivity index (χ2v) is 6.49. The van der Waals surface area contributed by atoms with Gasteiger partial charge >= 0.3 is 5.63 Å². The summed E-state index contributed by atoms with van der Waals surface area (Å²) in [6, 6.07) is 15.2. The van der Waals surface area contributed by atoms with E-state index in [2.05, 4.69) is 5.32 Å². The molecule has 0 radical (unpaired) electrons. The molecule has 7 heteroatoms. The Balaban J connectivity index is 1.35. The van der Waals surface area contributed by atoms with Gasteiger partial charge in [-0.25, -0.2) is 4.79 Å². The molecular formula is C21H18N2O5. The van der Waals surface area contributed by atoms with E-state index in [1.54, 1.807) is 41.3 Å². The number of carbonyl (C=O) groups is 2. The molecule has 0 bridgehead atoms. The average molecular weight is 378 g/mol. The van der Waals surface area contributed by atoms with Gasteiger partial charge in [-0.15, -0.1) is 0 Å². The second kappa shape index (κ2) is 7.56. The van der Waals surface area contributed by atoms with Crippen molar-refractivity contribution in [2.45, 2.75) is 12.8 Å². The van der Waals surface area contributed by atoms with E-state index in [0.717, 1.165) is 24.0 Å². The first-order valence-corrected chi connectivity index (χ1v) is 8.95. The fourth-order valence-electron chi connectivity index (χ4n) is 3.12. The molecule has 0 spiro atoms. The number of fused-ring (bicyclic) bond motifs is 1. The molecule has 7 nitrogen and oxygen atoms in total. The first-order chi connectivity index (χ1) is 13.6. The van der Waals surface area contributed by atoms with Crippen LogP contribution in [0.4, 0.5) is 11.4 Å². The van der Waals surface area contributed by atoms with Crippen LogP contribution < -0.4 is 20.6 Å². The van der Waals surface area contributed by atoms with Gasteiger partial charge < -0.3 is 19.4 Å². The van der Waals surface area contributed by atoms with Crippen LogP contribution in [-0.2, 0) is 9.59 Å². The SMILES string of the molecule is O=C(COc1ccc2ccc(=O)oc2c1)Nc1ccc(N2CCCC2=O)cc1. The molecule has 1 aromatic heterocycles. The van der Waals surface area contributed by atoms with Crippen molar-refractivity contribution in [1.82, 2.24) is 0 Å². The minimum absolute atomic E-state index is 0.122. The Morgan fingerprint density at radius 2 is 1.86 bits per heavy atom. The number of ether oxygens (including phenoxy) is 1. The molecule has 3 aromatic rings. The zero-order valence-electron chi connectivity index (χ0n) is 15.0. The fourth-order valence-corrected chi connectivity index (χ4v) is 3.12. The highest BCUT2D eigenvalue weighted by molar-refractivity contribution is 5.96. The lowest BCUT2D eigenvalue weighted by Gasteiger charge is -2.16. The summed E-state index contributed by atoms with van der Waals surface area (Å²) in [6.07, 6.45) is 1.45. The van der Waals surface area contributed by atoms with E-state index < -0.39 is 5.63 Å². The first-order valence-electron chi connectivity index (χ1n) is 8.95. The minimum Gasteiger partial charge on any atom is -0.484 e. The molecule has 0 saturated carbocycles. The summed E-state index contributed by atoms with van der Waals surface area (Å²) in [6.45, 7) is 0.541. The summed E-state index contributed by atoms with van der Waals surface area (Å²) in [4.78, 5) is 36.9. The summed E-state index contributed by atoms with van der Waals surface area (Å²) in [5.74, 6) is 0.232. The van der Waals surface area contributed by atoms with Gasteiger partial charge in [0.15, 0.2) is 6.61 Å². The van der Waals surface area contributed by atoms with Crippen LogP contribution in [0.1, 0.15) is 12.8 Å². The largest absolute Gasteiger partial charge is 0.484 e. The molecule has 0 aliphatic carbocycles. The van der Waals surface area contributed by atoms with E-state index in [-0.39, 0.29) is 18.4 Å². The molecular weight excluding hydrogens is 360 g/mol. The van der Waals surface area contributed by atoms with Crippen molar-refractivity contribution in [3.05, 3.63) is 65.0 Å². The Hall–Kier alpha value is -3.61. The molecule has 0 atom stereocenters. The number of rotatable bonds is 5. The maximum atomic E-state index is 12.1. The number of benzene rings is 2. The summed E-state index contributed by atoms with van der Waals surface area (Å²) < 4.78 is 10.6. The van der Waals surface area contributed by atoms with Crippen LogP contribution in [0.5, 0.6) is 5.75 Å². The number of hydrogen-bond acceptors (Lipinski definition) is 5. The smallest absolute Gasteiger partial charge is 0.336 e. The van der Waals surface area contributed by atoms with Crippen molar-refractivity contribution < 1.29 is 18.7 Å². The number of nitrogens with one attached hydrogen (secondary N) is 1. The second-order valence-electron chi connectivity index (χ2n) is 6.49. The van der Waals surface area contributed by atoms with E-state index in [4.69, 9.17) is 9.15 Å². The number of amides is 2. The van der Waals surface area contributed by atoms with Gasteiger partial charge in [-0.1, -0.05) is 0 Å². The van der Waals surface area contributed by atoms with Crippen molar-refractivity contribution >= 4 is 34.2 Å². The predicted molar refractivity (Wildman–Crippen MR) is 105 cm³/mol. The predicted octanol–water partition coefficient (Wildman–Crippen LogP) is 2.94. The van der Waals surface area contributed by atoms with Crippen LogP contribution in [0, 0.1) is 0 Å². The lowest BCUT2D eigenvalue weighted by atomic mass is 10.2. The monoisotopic (exact) mass is 378 g/mol. The van der Waals surface area contributed by atoms with Crippen molar-refractivity contribution in [3.8, 4) is 5.75 Å². The van der Waals surface area contributed by atoms with E-state index in [0.29, 0.717) is 23.4 Å². The van der Waals surface area contributed by atoms with E-state index >= 15 is 0 Å². The molecule has 142 valence electrons. The van der Waals surface area contributed by atoms with Crippen molar-refractivity contribution in [3.63, 3.8) is 0 Å². The molecule has 4 rings (SSSR count). The molecule has 1 aliphatic rings. The Labute approximate surface area is 160 Å². The Bertz CT molecular complexity index is 1090. The third-order valence-corrected chi connectivity index (χ3v) is 4.50. The topological polar surface area (TPSA) is 88.8 Å². The third-order valence-electron chi connectivity index (χ3n) is 4.50. The van der Waals surface area contributed by atoms with Gasteiger partial charge in [0.05, 0.1) is 0 Å². The first kappa shape index (κ1) is 17.8. The van der Waals surface area contributed by atoms with Crippen molar-refractivity contribution in [2.75, 3.05) is 23.4 Å². The molecule has 0 unspecified atom stereocenters. The van der Waals surface area contributed by atoms with Gasteiger partial charge in [0.1, 0.15) is 11.3 Å². The summed E-state index contributed by atoms with van der Waals surface area (Å²) in [5, 5.41) is 3.52. The van der Waals surface area contributed by atoms with Crippen molar-refractivity contribution in [2.24, 2.45) is 0 Å². The van der Waals surface area contributed by atoms with Crippen molar-refractivity contribution in [1.29, 1.82) is 0 Å². The highest BCUT2D eigenvalue weighted by atomic mass is 16.5. The van der Waals surface area contributed by atoms with Crippen LogP contribution in [-0.4, -0.2) is 25.0 Å². The quantitative estimate of drug-likeness (QED) is 0.690. The van der Waals surface area contributed by atoms with Gasteiger partial charge in [-0.05, 0) is 48.9 Å². The molecule has 2 amide bonds. The molecule has 1 fully saturated rings. The Morgan fingerprint density at radius 1 is 1.07 bits per heavy atom. The lowest BCUT2D eigenvalue weighted by Crippen LogP contribution is -2.23. The Kier molecular flexibility index (Phi) is 4.80. The molecule has 1 saturated heterocycles. The highest BCUT2D eigenvalue weighted by Crippen LogP contribution is 2.23. The van der Waals surface area contributed by atoms with Crippen LogP contribution in [0.15, 0.2) is 63.8 Å². The van der Waals surface area contributed by atoms with Gasteiger partial charge in [-0.3, -0.25) is 9.59 Å². The van der Waals surface area contributed by atoms with Gasteiger partial charge in [0.25, 0.3) is 5.91 Å². The molecule has 2 aromatic carbocycles. The Morgan fingerprint density at radius 3 is 2.61 bits per heavy atom. The van der Waals surface area contributed by atoms with Crippen LogP contribution >= 0.6 is 0 Å². The summed E-state index contributed by atoms with van der Waals surface area (Å²) >= 11 is 0. The van der Waals surface area contributed by atoms with E-state index in [1.165, 1.54) is 6.07 Å². The molecule has 28 heavy (non-hydrogen) atoms.